The van der Waals surface area contributed by atoms with Gasteiger partial charge in [-0.25, -0.2) is 9.37 Å². The molecule has 1 aliphatic rings. The third-order valence-corrected chi connectivity index (χ3v) is 5.40. The maximum absolute atomic E-state index is 13.4. The van der Waals surface area contributed by atoms with Crippen molar-refractivity contribution in [2.75, 3.05) is 6.54 Å². The van der Waals surface area contributed by atoms with Crippen LogP contribution in [0.3, 0.4) is 0 Å². The van der Waals surface area contributed by atoms with E-state index in [1.165, 1.54) is 23.0 Å². The Morgan fingerprint density at radius 3 is 2.68 bits per heavy atom. The van der Waals surface area contributed by atoms with E-state index < -0.39 is 12.0 Å². The van der Waals surface area contributed by atoms with Gasteiger partial charge in [0.2, 0.25) is 11.8 Å². The molecule has 0 aliphatic carbocycles. The van der Waals surface area contributed by atoms with Crippen LogP contribution in [0.2, 0.25) is 0 Å². The topological polar surface area (TPSA) is 55.2 Å². The lowest BCUT2D eigenvalue weighted by Crippen LogP contribution is -2.32. The van der Waals surface area contributed by atoms with Crippen molar-refractivity contribution in [2.45, 2.75) is 32.2 Å². The van der Waals surface area contributed by atoms with E-state index in [-0.39, 0.29) is 24.1 Å². The van der Waals surface area contributed by atoms with Crippen LogP contribution in [0.1, 0.15) is 42.6 Å². The second-order valence-corrected chi connectivity index (χ2v) is 7.19. The van der Waals surface area contributed by atoms with Gasteiger partial charge in [-0.2, -0.15) is 0 Å². The number of carbonyl (C=O) groups is 2. The number of halogens is 1. The molecule has 0 N–H and O–H groups in total. The van der Waals surface area contributed by atoms with Crippen molar-refractivity contribution < 1.29 is 14.0 Å². The number of amides is 1. The number of unbranched alkanes of at least 4 members (excludes halogenated alkanes) is 1. The van der Waals surface area contributed by atoms with Crippen LogP contribution >= 0.6 is 0 Å². The molecule has 1 saturated heterocycles. The van der Waals surface area contributed by atoms with Crippen molar-refractivity contribution in [2.24, 2.45) is 5.92 Å². The number of nitrogens with zero attached hydrogens (tertiary/aromatic N) is 3. The first-order chi connectivity index (χ1) is 13.6. The normalized spacial score (nSPS) is 19.5. The number of rotatable bonds is 5. The van der Waals surface area contributed by atoms with E-state index in [0.717, 1.165) is 29.4 Å². The number of imidazole rings is 1. The fourth-order valence-electron chi connectivity index (χ4n) is 3.99. The molecule has 0 bridgehead atoms. The van der Waals surface area contributed by atoms with E-state index in [2.05, 4.69) is 11.9 Å². The molecule has 2 aromatic carbocycles. The molecule has 1 aliphatic heterocycles. The van der Waals surface area contributed by atoms with Gasteiger partial charge in [-0.3, -0.25) is 14.2 Å². The summed E-state index contributed by atoms with van der Waals surface area (Å²) >= 11 is 0. The van der Waals surface area contributed by atoms with Crippen LogP contribution in [0.5, 0.6) is 0 Å². The number of para-hydroxylation sites is 2. The van der Waals surface area contributed by atoms with Crippen LogP contribution < -0.4 is 0 Å². The minimum atomic E-state index is -0.535. The van der Waals surface area contributed by atoms with Crippen LogP contribution in [-0.4, -0.2) is 32.8 Å². The average Bonchev–Trinajstić information content (AvgIpc) is 3.28. The fourth-order valence-corrected chi connectivity index (χ4v) is 3.99. The highest BCUT2D eigenvalue weighted by Crippen LogP contribution is 2.39. The van der Waals surface area contributed by atoms with Gasteiger partial charge in [-0.05, 0) is 36.2 Å². The molecule has 0 spiro atoms. The maximum Gasteiger partial charge on any atom is 0.238 e. The van der Waals surface area contributed by atoms with Gasteiger partial charge in [0.1, 0.15) is 12.1 Å². The Morgan fingerprint density at radius 1 is 1.18 bits per heavy atom. The molecule has 2 unspecified atom stereocenters. The van der Waals surface area contributed by atoms with E-state index in [1.54, 1.807) is 17.0 Å². The first kappa shape index (κ1) is 18.3. The zero-order chi connectivity index (χ0) is 19.7. The van der Waals surface area contributed by atoms with Crippen molar-refractivity contribution in [3.63, 3.8) is 0 Å². The summed E-state index contributed by atoms with van der Waals surface area (Å²) < 4.78 is 15.0. The van der Waals surface area contributed by atoms with E-state index in [4.69, 9.17) is 0 Å². The van der Waals surface area contributed by atoms with Gasteiger partial charge in [0, 0.05) is 13.0 Å². The number of aromatic nitrogens is 2. The average molecular weight is 379 g/mol. The van der Waals surface area contributed by atoms with Crippen LogP contribution in [-0.2, 0) is 4.79 Å². The zero-order valence-electron chi connectivity index (χ0n) is 15.7. The second-order valence-electron chi connectivity index (χ2n) is 7.19. The van der Waals surface area contributed by atoms with Crippen molar-refractivity contribution in [3.8, 4) is 0 Å². The summed E-state index contributed by atoms with van der Waals surface area (Å²) in [7, 11) is 0. The van der Waals surface area contributed by atoms with Gasteiger partial charge in [0.25, 0.3) is 0 Å². The molecule has 144 valence electrons. The third-order valence-electron chi connectivity index (χ3n) is 5.40. The molecular weight excluding hydrogens is 357 g/mol. The third kappa shape index (κ3) is 3.19. The summed E-state index contributed by atoms with van der Waals surface area (Å²) in [5, 5.41) is 0. The maximum atomic E-state index is 13.4. The largest absolute Gasteiger partial charge is 0.335 e. The van der Waals surface area contributed by atoms with Gasteiger partial charge in [0.05, 0.1) is 23.0 Å². The minimum absolute atomic E-state index is 0.0365. The highest BCUT2D eigenvalue weighted by molar-refractivity contribution is 5.96. The highest BCUT2D eigenvalue weighted by Gasteiger charge is 2.44. The summed E-state index contributed by atoms with van der Waals surface area (Å²) in [4.78, 5) is 32.2. The lowest BCUT2D eigenvalue weighted by Gasteiger charge is -2.28. The number of fused-ring (bicyclic) bond motifs is 1. The van der Waals surface area contributed by atoms with E-state index in [9.17, 15) is 14.0 Å². The first-order valence-corrected chi connectivity index (χ1v) is 9.61. The molecule has 1 fully saturated rings. The number of likely N-dealkylation sites (tertiary alicyclic amines) is 1. The Kier molecular flexibility index (Phi) is 4.94. The Balaban J connectivity index is 1.73. The Hall–Kier alpha value is -3.02. The molecule has 0 saturated carbocycles. The van der Waals surface area contributed by atoms with Crippen LogP contribution in [0.4, 0.5) is 4.39 Å². The SMILES string of the molecule is CCCCN1C(=O)CC(C(=O)n2cnc3ccccc32)C1c1ccc(F)cc1. The lowest BCUT2D eigenvalue weighted by molar-refractivity contribution is -0.129. The Bertz CT molecular complexity index is 1010. The second kappa shape index (κ2) is 7.54. The monoisotopic (exact) mass is 379 g/mol. The zero-order valence-corrected chi connectivity index (χ0v) is 15.7. The van der Waals surface area contributed by atoms with Crippen molar-refractivity contribution in [1.82, 2.24) is 14.5 Å². The van der Waals surface area contributed by atoms with E-state index in [1.807, 2.05) is 24.3 Å². The predicted molar refractivity (Wildman–Crippen MR) is 104 cm³/mol. The fraction of sp³-hybridized carbons (Fsp3) is 0.318. The van der Waals surface area contributed by atoms with E-state index >= 15 is 0 Å². The molecular formula is C22H22FN3O2. The van der Waals surface area contributed by atoms with Gasteiger partial charge in [-0.1, -0.05) is 37.6 Å². The molecule has 0 radical (unpaired) electrons. The van der Waals surface area contributed by atoms with Crippen LogP contribution in [0, 0.1) is 11.7 Å². The molecule has 5 nitrogen and oxygen atoms in total. The summed E-state index contributed by atoms with van der Waals surface area (Å²) in [6, 6.07) is 13.1. The number of benzene rings is 2. The van der Waals surface area contributed by atoms with Gasteiger partial charge < -0.3 is 4.90 Å². The van der Waals surface area contributed by atoms with Crippen LogP contribution in [0.25, 0.3) is 11.0 Å². The van der Waals surface area contributed by atoms with Crippen molar-refractivity contribution in [3.05, 3.63) is 66.2 Å². The van der Waals surface area contributed by atoms with Crippen molar-refractivity contribution >= 4 is 22.8 Å². The molecule has 6 heteroatoms. The minimum Gasteiger partial charge on any atom is -0.335 e. The Morgan fingerprint density at radius 2 is 1.93 bits per heavy atom. The smallest absolute Gasteiger partial charge is 0.238 e. The molecule has 1 aromatic heterocycles. The summed E-state index contributed by atoms with van der Waals surface area (Å²) in [6.45, 7) is 2.65. The summed E-state index contributed by atoms with van der Waals surface area (Å²) in [5.74, 6) is -1.06. The number of carbonyl (C=O) groups excluding carboxylic acids is 2. The highest BCUT2D eigenvalue weighted by atomic mass is 19.1. The van der Waals surface area contributed by atoms with Gasteiger partial charge in [0.15, 0.2) is 0 Å². The quantitative estimate of drug-likeness (QED) is 0.667. The number of hydrogen-bond acceptors (Lipinski definition) is 3. The standard InChI is InChI=1S/C22H22FN3O2/c1-2-3-12-25-20(27)13-17(21(25)15-8-10-16(23)11-9-15)22(28)26-14-24-18-6-4-5-7-19(18)26/h4-11,14,17,21H,2-3,12-13H2,1H3. The summed E-state index contributed by atoms with van der Waals surface area (Å²) in [5.41, 5.74) is 2.25. The lowest BCUT2D eigenvalue weighted by atomic mass is 9.92. The predicted octanol–water partition coefficient (Wildman–Crippen LogP) is 4.21. The van der Waals surface area contributed by atoms with Crippen LogP contribution in [0.15, 0.2) is 54.9 Å². The molecule has 1 amide bonds. The molecule has 2 atom stereocenters. The number of hydrogen-bond donors (Lipinski definition) is 0. The van der Waals surface area contributed by atoms with Gasteiger partial charge in [-0.15, -0.1) is 0 Å². The van der Waals surface area contributed by atoms with E-state index in [0.29, 0.717) is 6.54 Å². The summed E-state index contributed by atoms with van der Waals surface area (Å²) in [6.07, 6.45) is 3.48. The molecule has 28 heavy (non-hydrogen) atoms. The van der Waals surface area contributed by atoms with Gasteiger partial charge >= 0.3 is 0 Å². The first-order valence-electron chi connectivity index (χ1n) is 9.61. The Labute approximate surface area is 162 Å². The van der Waals surface area contributed by atoms with Crippen molar-refractivity contribution in [1.29, 1.82) is 0 Å². The molecule has 3 aromatic rings. The molecule has 2 heterocycles. The molecule has 4 rings (SSSR count).